The van der Waals surface area contributed by atoms with Crippen molar-refractivity contribution in [3.63, 3.8) is 0 Å². The van der Waals surface area contributed by atoms with E-state index in [0.29, 0.717) is 12.2 Å². The van der Waals surface area contributed by atoms with Crippen LogP contribution >= 0.6 is 0 Å². The van der Waals surface area contributed by atoms with E-state index in [9.17, 15) is 9.18 Å². The molecule has 0 atom stereocenters. The van der Waals surface area contributed by atoms with E-state index in [1.54, 1.807) is 23.0 Å². The maximum absolute atomic E-state index is 12.9. The van der Waals surface area contributed by atoms with E-state index in [0.717, 1.165) is 25.2 Å². The Morgan fingerprint density at radius 3 is 2.45 bits per heavy atom. The summed E-state index contributed by atoms with van der Waals surface area (Å²) in [5.41, 5.74) is 1.27. The van der Waals surface area contributed by atoms with Crippen LogP contribution in [0.3, 0.4) is 0 Å². The van der Waals surface area contributed by atoms with Crippen molar-refractivity contribution in [2.45, 2.75) is 25.8 Å². The Balaban J connectivity index is 1.69. The van der Waals surface area contributed by atoms with E-state index in [1.807, 2.05) is 0 Å². The number of benzene rings is 1. The lowest BCUT2D eigenvalue weighted by Gasteiger charge is -2.26. The lowest BCUT2D eigenvalue weighted by molar-refractivity contribution is 0.219. The minimum Gasteiger partial charge on any atom is -0.302 e. The number of likely N-dealkylation sites (tertiary alicyclic amines) is 1. The first kappa shape index (κ1) is 14.9. The van der Waals surface area contributed by atoms with Gasteiger partial charge in [-0.15, -0.1) is 0 Å². The van der Waals surface area contributed by atoms with Crippen LogP contribution in [0.4, 0.5) is 4.39 Å². The highest BCUT2D eigenvalue weighted by Crippen LogP contribution is 2.15. The monoisotopic (exact) mass is 301 g/mol. The summed E-state index contributed by atoms with van der Waals surface area (Å²) in [6.45, 7) is 3.79. The molecule has 0 aliphatic carbocycles. The largest absolute Gasteiger partial charge is 0.302 e. The molecule has 0 spiro atoms. The van der Waals surface area contributed by atoms with Crippen molar-refractivity contribution >= 4 is 0 Å². The third kappa shape index (κ3) is 3.60. The summed E-state index contributed by atoms with van der Waals surface area (Å²) in [5.74, 6) is -0.293. The number of nitrogens with zero attached hydrogens (tertiary/aromatic N) is 3. The molecule has 2 heterocycles. The van der Waals surface area contributed by atoms with Gasteiger partial charge in [-0.3, -0.25) is 9.36 Å². The Hall–Kier alpha value is -2.01. The van der Waals surface area contributed by atoms with Crippen LogP contribution in [0.1, 0.15) is 19.3 Å². The highest BCUT2D eigenvalue weighted by atomic mass is 19.1. The second-order valence-corrected chi connectivity index (χ2v) is 5.71. The Morgan fingerprint density at radius 2 is 1.77 bits per heavy atom. The minimum absolute atomic E-state index is 0.0636. The van der Waals surface area contributed by atoms with Gasteiger partial charge in [-0.05, 0) is 50.2 Å². The van der Waals surface area contributed by atoms with E-state index in [4.69, 9.17) is 0 Å². The molecule has 1 aliphatic heterocycles. The van der Waals surface area contributed by atoms with E-state index < -0.39 is 0 Å². The summed E-state index contributed by atoms with van der Waals surface area (Å²) < 4.78 is 14.6. The number of halogens is 1. The summed E-state index contributed by atoms with van der Waals surface area (Å²) in [6, 6.07) is 7.53. The second-order valence-electron chi connectivity index (χ2n) is 5.71. The van der Waals surface area contributed by atoms with Crippen LogP contribution in [0.2, 0.25) is 0 Å². The van der Waals surface area contributed by atoms with Gasteiger partial charge < -0.3 is 4.90 Å². The predicted octanol–water partition coefficient (Wildman–Crippen LogP) is 2.54. The first-order valence-corrected chi connectivity index (χ1v) is 7.77. The van der Waals surface area contributed by atoms with Crippen molar-refractivity contribution in [1.29, 1.82) is 0 Å². The number of piperidine rings is 1. The summed E-state index contributed by atoms with van der Waals surface area (Å²) in [5, 5.41) is 0. The molecule has 1 aromatic heterocycles. The second kappa shape index (κ2) is 6.83. The molecule has 2 aromatic rings. The summed E-state index contributed by atoms with van der Waals surface area (Å²) in [6.07, 6.45) is 5.39. The average molecular weight is 301 g/mol. The Labute approximate surface area is 129 Å². The first-order chi connectivity index (χ1) is 10.7. The van der Waals surface area contributed by atoms with Crippen LogP contribution in [0.25, 0.3) is 11.3 Å². The summed E-state index contributed by atoms with van der Waals surface area (Å²) >= 11 is 0. The SMILES string of the molecule is O=c1cc(-c2ccc(F)cc2)ncn1CCN1CCCCC1. The zero-order valence-electron chi connectivity index (χ0n) is 12.5. The summed E-state index contributed by atoms with van der Waals surface area (Å²) in [4.78, 5) is 18.9. The topological polar surface area (TPSA) is 38.1 Å². The summed E-state index contributed by atoms with van der Waals surface area (Å²) in [7, 11) is 0. The van der Waals surface area contributed by atoms with Crippen molar-refractivity contribution in [2.24, 2.45) is 0 Å². The van der Waals surface area contributed by atoms with Crippen molar-refractivity contribution in [3.05, 3.63) is 52.8 Å². The van der Waals surface area contributed by atoms with Gasteiger partial charge in [0.15, 0.2) is 0 Å². The van der Waals surface area contributed by atoms with Crippen LogP contribution in [-0.4, -0.2) is 34.1 Å². The van der Waals surface area contributed by atoms with Crippen LogP contribution in [-0.2, 0) is 6.54 Å². The van der Waals surface area contributed by atoms with Crippen LogP contribution in [0.5, 0.6) is 0 Å². The van der Waals surface area contributed by atoms with Gasteiger partial charge in [0, 0.05) is 24.7 Å². The van der Waals surface area contributed by atoms with Crippen molar-refractivity contribution in [1.82, 2.24) is 14.5 Å². The van der Waals surface area contributed by atoms with Crippen LogP contribution in [0.15, 0.2) is 41.5 Å². The molecule has 0 saturated carbocycles. The Bertz CT molecular complexity index is 675. The highest BCUT2D eigenvalue weighted by Gasteiger charge is 2.10. The molecule has 4 nitrogen and oxygen atoms in total. The third-order valence-corrected chi connectivity index (χ3v) is 4.13. The van der Waals surface area contributed by atoms with Crippen molar-refractivity contribution in [2.75, 3.05) is 19.6 Å². The maximum atomic E-state index is 12.9. The fourth-order valence-electron chi connectivity index (χ4n) is 2.80. The standard InChI is InChI=1S/C17H20FN3O/c18-15-6-4-14(5-7-15)16-12-17(22)21(13-19-16)11-10-20-8-2-1-3-9-20/h4-7,12-13H,1-3,8-11H2. The first-order valence-electron chi connectivity index (χ1n) is 7.77. The molecule has 0 bridgehead atoms. The average Bonchev–Trinajstić information content (AvgIpc) is 2.55. The molecule has 1 aliphatic rings. The number of aromatic nitrogens is 2. The molecule has 1 aromatic carbocycles. The smallest absolute Gasteiger partial charge is 0.253 e. The number of hydrogen-bond donors (Lipinski definition) is 0. The molecular formula is C17H20FN3O. The van der Waals surface area contributed by atoms with Gasteiger partial charge in [0.25, 0.3) is 5.56 Å². The Kier molecular flexibility index (Phi) is 4.63. The van der Waals surface area contributed by atoms with E-state index in [-0.39, 0.29) is 11.4 Å². The highest BCUT2D eigenvalue weighted by molar-refractivity contribution is 5.57. The van der Waals surface area contributed by atoms with Gasteiger partial charge >= 0.3 is 0 Å². The molecule has 3 rings (SSSR count). The van der Waals surface area contributed by atoms with E-state index in [2.05, 4.69) is 9.88 Å². The lowest BCUT2D eigenvalue weighted by Crippen LogP contribution is -2.34. The zero-order valence-corrected chi connectivity index (χ0v) is 12.5. The van der Waals surface area contributed by atoms with Gasteiger partial charge in [-0.2, -0.15) is 0 Å². The predicted molar refractivity (Wildman–Crippen MR) is 84.2 cm³/mol. The van der Waals surface area contributed by atoms with Gasteiger partial charge in [0.2, 0.25) is 0 Å². The molecular weight excluding hydrogens is 281 g/mol. The number of hydrogen-bond acceptors (Lipinski definition) is 3. The molecule has 5 heteroatoms. The zero-order chi connectivity index (χ0) is 15.4. The molecule has 116 valence electrons. The normalized spacial score (nSPS) is 15.9. The van der Waals surface area contributed by atoms with Gasteiger partial charge in [0.1, 0.15) is 5.82 Å². The molecule has 0 N–H and O–H groups in total. The molecule has 1 saturated heterocycles. The van der Waals surface area contributed by atoms with Gasteiger partial charge in [-0.1, -0.05) is 6.42 Å². The molecule has 0 amide bonds. The van der Waals surface area contributed by atoms with Crippen molar-refractivity contribution in [3.8, 4) is 11.3 Å². The third-order valence-electron chi connectivity index (χ3n) is 4.13. The van der Waals surface area contributed by atoms with Crippen LogP contribution < -0.4 is 5.56 Å². The van der Waals surface area contributed by atoms with E-state index in [1.165, 1.54) is 37.5 Å². The quantitative estimate of drug-likeness (QED) is 0.871. The molecule has 1 fully saturated rings. The van der Waals surface area contributed by atoms with Gasteiger partial charge in [-0.25, -0.2) is 9.37 Å². The number of rotatable bonds is 4. The molecule has 0 unspecified atom stereocenters. The fourth-order valence-corrected chi connectivity index (χ4v) is 2.80. The van der Waals surface area contributed by atoms with Gasteiger partial charge in [0.05, 0.1) is 12.0 Å². The lowest BCUT2D eigenvalue weighted by atomic mass is 10.1. The molecule has 0 radical (unpaired) electrons. The Morgan fingerprint density at radius 1 is 1.05 bits per heavy atom. The van der Waals surface area contributed by atoms with E-state index >= 15 is 0 Å². The molecule has 22 heavy (non-hydrogen) atoms. The maximum Gasteiger partial charge on any atom is 0.253 e. The minimum atomic E-state index is -0.293. The fraction of sp³-hybridized carbons (Fsp3) is 0.412. The van der Waals surface area contributed by atoms with Crippen molar-refractivity contribution < 1.29 is 4.39 Å². The van der Waals surface area contributed by atoms with Crippen LogP contribution in [0, 0.1) is 5.82 Å².